The summed E-state index contributed by atoms with van der Waals surface area (Å²) < 4.78 is 0. The monoisotopic (exact) mass is 626 g/mol. The van der Waals surface area contributed by atoms with Gasteiger partial charge in [-0.05, 0) is 0 Å². The molecule has 0 amide bonds. The van der Waals surface area contributed by atoms with Gasteiger partial charge in [-0.1, -0.05) is 27.7 Å². The zero-order valence-corrected chi connectivity index (χ0v) is 30.7. The second-order valence-corrected chi connectivity index (χ2v) is 22.1. The van der Waals surface area contributed by atoms with Crippen LogP contribution in [-0.2, 0) is 38.3 Å². The topological polar surface area (TPSA) is 0 Å². The van der Waals surface area contributed by atoms with E-state index in [1.165, 1.54) is 33.4 Å². The maximum Gasteiger partial charge on any atom is -0.109 e. The van der Waals surface area contributed by atoms with E-state index < -0.39 is 0 Å². The molecule has 4 aliphatic rings. The van der Waals surface area contributed by atoms with Crippen LogP contribution >= 0.6 is 0 Å². The van der Waals surface area contributed by atoms with Gasteiger partial charge in [-0.25, -0.2) is 35.5 Å². The predicted molar refractivity (Wildman–Crippen MR) is 149 cm³/mol. The van der Waals surface area contributed by atoms with E-state index >= 15 is 0 Å². The summed E-state index contributed by atoms with van der Waals surface area (Å²) in [6, 6.07) is 0. The molecule has 0 bridgehead atoms. The zero-order chi connectivity index (χ0) is 26.5. The first kappa shape index (κ1) is 43.4. The average Bonchev–Trinajstić information content (AvgIpc) is 3.57. The molecule has 0 radical (unpaired) electrons. The minimum atomic E-state index is 0. The second kappa shape index (κ2) is 28.4. The van der Waals surface area contributed by atoms with Crippen LogP contribution in [0.1, 0.15) is 67.2 Å². The molecule has 0 aliphatic heterocycles. The molecule has 0 aromatic rings. The van der Waals surface area contributed by atoms with E-state index in [1.807, 2.05) is 24.3 Å². The first-order chi connectivity index (χ1) is 15.9. The van der Waals surface area contributed by atoms with Crippen molar-refractivity contribution in [3.8, 4) is 0 Å². The Hall–Kier alpha value is 0.362. The van der Waals surface area contributed by atoms with Gasteiger partial charge in [0.15, 0.2) is 0 Å². The van der Waals surface area contributed by atoms with Crippen molar-refractivity contribution in [3.63, 3.8) is 0 Å². The van der Waals surface area contributed by atoms with Crippen molar-refractivity contribution >= 4 is 12.4 Å². The van der Waals surface area contributed by atoms with E-state index in [0.29, 0.717) is 0 Å². The van der Waals surface area contributed by atoms with Gasteiger partial charge in [0.2, 0.25) is 0 Å². The van der Waals surface area contributed by atoms with Crippen LogP contribution in [0, 0.1) is 24.3 Å². The van der Waals surface area contributed by atoms with Crippen molar-refractivity contribution in [1.29, 1.82) is 0 Å². The Kier molecular flexibility index (Phi) is 34.2. The van der Waals surface area contributed by atoms with E-state index in [0.717, 1.165) is 25.7 Å². The van der Waals surface area contributed by atoms with Gasteiger partial charge in [-0.3, -0.25) is 24.3 Å². The Bertz CT molecular complexity index is 787. The van der Waals surface area contributed by atoms with Crippen molar-refractivity contribution in [2.75, 3.05) is 0 Å². The smallest absolute Gasteiger partial charge is 0.109 e. The normalized spacial score (nSPS) is 15.2. The molecule has 0 atom stereocenters. The fourth-order valence-electron chi connectivity index (χ4n) is 2.38. The molecule has 0 fully saturated rings. The van der Waals surface area contributed by atoms with Crippen LogP contribution in [0.25, 0.3) is 0 Å². The summed E-state index contributed by atoms with van der Waals surface area (Å²) in [5.41, 5.74) is 8.49. The third kappa shape index (κ3) is 28.9. The van der Waals surface area contributed by atoms with E-state index in [-0.39, 0.29) is 37.2 Å². The van der Waals surface area contributed by atoms with E-state index in [2.05, 4.69) is 143 Å². The van der Waals surface area contributed by atoms with Crippen molar-refractivity contribution in [2.45, 2.75) is 93.4 Å². The minimum Gasteiger partial charge on any atom is -1.00 e. The Labute approximate surface area is 261 Å². The molecule has 0 heterocycles. The van der Waals surface area contributed by atoms with Crippen molar-refractivity contribution < 1.29 is 63.2 Å². The Morgan fingerprint density at radius 3 is 0.944 bits per heavy atom. The van der Waals surface area contributed by atoms with Crippen LogP contribution in [0.15, 0.2) is 69.9 Å². The number of allylic oxidation sites excluding steroid dienone is 16. The number of halogens is 2. The molecule has 36 heavy (non-hydrogen) atoms. The molecule has 0 spiro atoms. The number of rotatable bonds is 0. The molecule has 6 heteroatoms. The second-order valence-electron chi connectivity index (χ2n) is 8.77. The number of hydrogen-bond acceptors (Lipinski definition) is 0. The quantitative estimate of drug-likeness (QED) is 0.286. The molecule has 0 N–H and O–H groups in total. The molecule has 0 saturated carbocycles. The maximum absolute atomic E-state index is 3.26. The van der Waals surface area contributed by atoms with Gasteiger partial charge < -0.3 is 24.8 Å². The van der Waals surface area contributed by atoms with E-state index in [9.17, 15) is 0 Å². The average molecular weight is 627 g/mol. The van der Waals surface area contributed by atoms with Gasteiger partial charge in [0.05, 0.1) is 0 Å². The van der Waals surface area contributed by atoms with Crippen LogP contribution < -0.4 is 24.8 Å². The van der Waals surface area contributed by atoms with Crippen LogP contribution in [0.3, 0.4) is 0 Å². The molecule has 0 aromatic heterocycles. The molecule has 0 unspecified atom stereocenters. The van der Waals surface area contributed by atoms with Crippen molar-refractivity contribution in [1.82, 2.24) is 0 Å². The fraction of sp³-hybridized carbons (Fsp3) is 0.467. The van der Waals surface area contributed by atoms with Gasteiger partial charge in [-0.15, -0.1) is 39.5 Å². The Morgan fingerprint density at radius 1 is 0.611 bits per heavy atom. The molecular formula is C30H44Cl2Si2Ti2-2. The Morgan fingerprint density at radius 2 is 0.889 bits per heavy atom. The Balaban J connectivity index is -0.000000173. The summed E-state index contributed by atoms with van der Waals surface area (Å²) in [7, 11) is 0. The van der Waals surface area contributed by atoms with Gasteiger partial charge >= 0.3 is 76.9 Å². The molecular weight excluding hydrogens is 583 g/mol. The standard InChI is InChI=1S/2C8H11.2C5H5.2C2H6Si.2ClH.2Ti/c2*1-6-4-5-7(2)8(6)3;2*1-2-4-5-3-1;2*1-3-2;;;;/h2*4H2,1-3H3;2*1-3H,4H2;2*1-2H3;2*1H;;/q4*-1;;;;;2*+2/p-2. The first-order valence-corrected chi connectivity index (χ1v) is 21.5. The molecule has 0 saturated heterocycles. The summed E-state index contributed by atoms with van der Waals surface area (Å²) in [5.74, 6) is 0. The third-order valence-corrected chi connectivity index (χ3v) is 4.81. The summed E-state index contributed by atoms with van der Waals surface area (Å²) in [6.45, 7) is 22.0. The summed E-state index contributed by atoms with van der Waals surface area (Å²) in [6.07, 6.45) is 28.9. The van der Waals surface area contributed by atoms with Gasteiger partial charge in [0.1, 0.15) is 0 Å². The van der Waals surface area contributed by atoms with Crippen LogP contribution in [0.2, 0.25) is 26.2 Å². The molecule has 4 rings (SSSR count). The third-order valence-electron chi connectivity index (χ3n) is 4.81. The predicted octanol–water partition coefficient (Wildman–Crippen LogP) is 3.14. The molecule has 196 valence electrons. The summed E-state index contributed by atoms with van der Waals surface area (Å²) >= 11 is 4.54. The molecule has 4 aliphatic carbocycles. The molecule has 0 nitrogen and oxygen atoms in total. The van der Waals surface area contributed by atoms with Gasteiger partial charge in [-0.2, -0.15) is 34.4 Å². The van der Waals surface area contributed by atoms with Crippen molar-refractivity contribution in [2.24, 2.45) is 0 Å². The van der Waals surface area contributed by atoms with Crippen LogP contribution in [-0.4, -0.2) is 12.4 Å². The fourth-order valence-corrected chi connectivity index (χ4v) is 2.38. The SMILES string of the molecule is CC1=[C-]CC(C)=C1C.CC1=[C-]CC(C)=C1C.C[Si](C)=[Ti+2].C[Si](C)=[Ti+2].[C-]1=CC=CC1.[C-]1=CC=CC1.[Cl-].[Cl-]. The minimum absolute atomic E-state index is 0. The largest absolute Gasteiger partial charge is 1.00 e. The first-order valence-electron chi connectivity index (χ1n) is 11.8. The summed E-state index contributed by atoms with van der Waals surface area (Å²) in [4.78, 5) is 0. The number of hydrogen-bond donors (Lipinski definition) is 0. The van der Waals surface area contributed by atoms with Crippen LogP contribution in [0.5, 0.6) is 0 Å². The van der Waals surface area contributed by atoms with E-state index in [1.54, 1.807) is 0 Å². The van der Waals surface area contributed by atoms with Gasteiger partial charge in [0, 0.05) is 0 Å². The molecule has 0 aromatic carbocycles. The van der Waals surface area contributed by atoms with Gasteiger partial charge in [0.25, 0.3) is 0 Å². The maximum atomic E-state index is 3.26. The summed E-state index contributed by atoms with van der Waals surface area (Å²) in [5, 5.41) is 0. The van der Waals surface area contributed by atoms with Crippen molar-refractivity contribution in [3.05, 3.63) is 94.2 Å². The van der Waals surface area contributed by atoms with Crippen LogP contribution in [0.4, 0.5) is 0 Å². The van der Waals surface area contributed by atoms with E-state index in [4.69, 9.17) is 0 Å². The zero-order valence-electron chi connectivity index (χ0n) is 24.0.